The van der Waals surface area contributed by atoms with Gasteiger partial charge in [-0.25, -0.2) is 4.98 Å². The molecule has 0 unspecified atom stereocenters. The summed E-state index contributed by atoms with van der Waals surface area (Å²) in [6.07, 6.45) is 1.73. The van der Waals surface area contributed by atoms with Gasteiger partial charge in [-0.1, -0.05) is 11.3 Å². The summed E-state index contributed by atoms with van der Waals surface area (Å²) in [6, 6.07) is 0. The van der Waals surface area contributed by atoms with E-state index in [2.05, 4.69) is 15.3 Å². The van der Waals surface area contributed by atoms with E-state index in [0.29, 0.717) is 22.2 Å². The number of nitrogen functional groups attached to an aromatic ring is 1. The van der Waals surface area contributed by atoms with Crippen molar-refractivity contribution < 1.29 is 4.79 Å². The number of nitrogens with zero attached hydrogens (tertiary/aromatic N) is 2. The van der Waals surface area contributed by atoms with Gasteiger partial charge < -0.3 is 11.1 Å². The SMILES string of the molecule is Cc1nc(N)sc1C(=O)NCc1cncs1. The maximum absolute atomic E-state index is 11.8. The number of aromatic nitrogens is 2. The van der Waals surface area contributed by atoms with Gasteiger partial charge in [0.25, 0.3) is 5.91 Å². The zero-order chi connectivity index (χ0) is 11.5. The average Bonchev–Trinajstić information content (AvgIpc) is 2.84. The van der Waals surface area contributed by atoms with Crippen LogP contribution in [0.3, 0.4) is 0 Å². The van der Waals surface area contributed by atoms with Crippen LogP contribution in [0.4, 0.5) is 5.13 Å². The van der Waals surface area contributed by atoms with Crippen LogP contribution in [0.5, 0.6) is 0 Å². The third-order valence-electron chi connectivity index (χ3n) is 1.93. The quantitative estimate of drug-likeness (QED) is 0.868. The largest absolute Gasteiger partial charge is 0.375 e. The lowest BCUT2D eigenvalue weighted by Crippen LogP contribution is -2.22. The molecular formula is C9H10N4OS2. The molecular weight excluding hydrogens is 244 g/mol. The molecule has 2 aromatic rings. The summed E-state index contributed by atoms with van der Waals surface area (Å²) >= 11 is 2.71. The lowest BCUT2D eigenvalue weighted by Gasteiger charge is -2.00. The molecule has 2 aromatic heterocycles. The highest BCUT2D eigenvalue weighted by atomic mass is 32.1. The molecule has 0 spiro atoms. The minimum absolute atomic E-state index is 0.139. The summed E-state index contributed by atoms with van der Waals surface area (Å²) in [7, 11) is 0. The molecule has 0 aliphatic rings. The van der Waals surface area contributed by atoms with Crippen molar-refractivity contribution in [3.05, 3.63) is 27.2 Å². The smallest absolute Gasteiger partial charge is 0.263 e. The van der Waals surface area contributed by atoms with E-state index in [1.54, 1.807) is 18.6 Å². The fraction of sp³-hybridized carbons (Fsp3) is 0.222. The molecule has 0 aromatic carbocycles. The lowest BCUT2D eigenvalue weighted by atomic mass is 10.3. The molecule has 16 heavy (non-hydrogen) atoms. The highest BCUT2D eigenvalue weighted by Crippen LogP contribution is 2.19. The maximum atomic E-state index is 11.8. The monoisotopic (exact) mass is 254 g/mol. The Bertz CT molecular complexity index is 492. The van der Waals surface area contributed by atoms with E-state index >= 15 is 0 Å². The minimum atomic E-state index is -0.139. The van der Waals surface area contributed by atoms with E-state index in [1.807, 2.05) is 0 Å². The van der Waals surface area contributed by atoms with Crippen molar-refractivity contribution in [2.24, 2.45) is 0 Å². The normalized spacial score (nSPS) is 10.3. The molecule has 2 heterocycles. The molecule has 0 aliphatic carbocycles. The molecule has 1 amide bonds. The predicted molar refractivity (Wildman–Crippen MR) is 64.5 cm³/mol. The molecule has 0 fully saturated rings. The second-order valence-electron chi connectivity index (χ2n) is 3.12. The van der Waals surface area contributed by atoms with Gasteiger partial charge in [0, 0.05) is 11.1 Å². The van der Waals surface area contributed by atoms with Gasteiger partial charge in [-0.2, -0.15) is 0 Å². The number of amides is 1. The van der Waals surface area contributed by atoms with Crippen molar-refractivity contribution in [2.75, 3.05) is 5.73 Å². The number of rotatable bonds is 3. The molecule has 0 aliphatic heterocycles. The highest BCUT2D eigenvalue weighted by molar-refractivity contribution is 7.17. The van der Waals surface area contributed by atoms with Crippen LogP contribution in [0.15, 0.2) is 11.7 Å². The first-order valence-corrected chi connectivity index (χ1v) is 6.25. The third kappa shape index (κ3) is 2.37. The number of anilines is 1. The number of nitrogens with two attached hydrogens (primary N) is 1. The first-order valence-electron chi connectivity index (χ1n) is 4.55. The van der Waals surface area contributed by atoms with Gasteiger partial charge in [0.2, 0.25) is 0 Å². The van der Waals surface area contributed by atoms with Crippen LogP contribution in [0.1, 0.15) is 20.2 Å². The number of aryl methyl sites for hydroxylation is 1. The lowest BCUT2D eigenvalue weighted by molar-refractivity contribution is 0.0954. The van der Waals surface area contributed by atoms with Gasteiger partial charge in [0.1, 0.15) is 4.88 Å². The Morgan fingerprint density at radius 3 is 3.00 bits per heavy atom. The number of thiazole rings is 2. The van der Waals surface area contributed by atoms with E-state index in [0.717, 1.165) is 4.88 Å². The summed E-state index contributed by atoms with van der Waals surface area (Å²) < 4.78 is 0. The van der Waals surface area contributed by atoms with Crippen LogP contribution in [-0.2, 0) is 6.54 Å². The van der Waals surface area contributed by atoms with Crippen LogP contribution in [0, 0.1) is 6.92 Å². The van der Waals surface area contributed by atoms with E-state index in [-0.39, 0.29) is 5.91 Å². The summed E-state index contributed by atoms with van der Waals surface area (Å²) in [5, 5.41) is 3.22. The molecule has 2 rings (SSSR count). The summed E-state index contributed by atoms with van der Waals surface area (Å²) in [5.74, 6) is -0.139. The zero-order valence-corrected chi connectivity index (χ0v) is 10.2. The maximum Gasteiger partial charge on any atom is 0.263 e. The zero-order valence-electron chi connectivity index (χ0n) is 8.56. The Labute approximate surface area is 100 Å². The minimum Gasteiger partial charge on any atom is -0.375 e. The van der Waals surface area contributed by atoms with Crippen molar-refractivity contribution in [2.45, 2.75) is 13.5 Å². The number of nitrogens with one attached hydrogen (secondary N) is 1. The summed E-state index contributed by atoms with van der Waals surface area (Å²) in [5.41, 5.74) is 7.93. The molecule has 3 N–H and O–H groups in total. The van der Waals surface area contributed by atoms with Crippen LogP contribution in [-0.4, -0.2) is 15.9 Å². The van der Waals surface area contributed by atoms with E-state index in [9.17, 15) is 4.79 Å². The Balaban J connectivity index is 2.01. The second kappa shape index (κ2) is 4.58. The van der Waals surface area contributed by atoms with Crippen molar-refractivity contribution in [3.63, 3.8) is 0 Å². The van der Waals surface area contributed by atoms with E-state index in [1.165, 1.54) is 22.7 Å². The van der Waals surface area contributed by atoms with Gasteiger partial charge in [-0.15, -0.1) is 11.3 Å². The van der Waals surface area contributed by atoms with Crippen molar-refractivity contribution in [3.8, 4) is 0 Å². The fourth-order valence-electron chi connectivity index (χ4n) is 1.21. The van der Waals surface area contributed by atoms with Crippen LogP contribution < -0.4 is 11.1 Å². The standard InChI is InChI=1S/C9H10N4OS2/c1-5-7(16-9(10)13-5)8(14)12-3-6-2-11-4-15-6/h2,4H,3H2,1H3,(H2,10,13)(H,12,14). The first-order chi connectivity index (χ1) is 7.66. The van der Waals surface area contributed by atoms with Crippen LogP contribution in [0.25, 0.3) is 0 Å². The number of hydrogen-bond donors (Lipinski definition) is 2. The molecule has 0 saturated heterocycles. The van der Waals surface area contributed by atoms with Crippen LogP contribution >= 0.6 is 22.7 Å². The Morgan fingerprint density at radius 1 is 1.62 bits per heavy atom. The first kappa shape index (κ1) is 11.0. The average molecular weight is 254 g/mol. The Hall–Kier alpha value is -1.47. The molecule has 5 nitrogen and oxygen atoms in total. The fourth-order valence-corrected chi connectivity index (χ4v) is 2.49. The molecule has 7 heteroatoms. The molecule has 0 atom stereocenters. The Kier molecular flexibility index (Phi) is 3.16. The molecule has 84 valence electrons. The van der Waals surface area contributed by atoms with Crippen molar-refractivity contribution in [1.29, 1.82) is 0 Å². The summed E-state index contributed by atoms with van der Waals surface area (Å²) in [6.45, 7) is 2.26. The van der Waals surface area contributed by atoms with Crippen molar-refractivity contribution in [1.82, 2.24) is 15.3 Å². The number of carbonyl (C=O) groups excluding carboxylic acids is 1. The van der Waals surface area contributed by atoms with Gasteiger partial charge in [0.05, 0.1) is 17.7 Å². The number of carbonyl (C=O) groups is 1. The van der Waals surface area contributed by atoms with Gasteiger partial charge in [-0.05, 0) is 6.92 Å². The predicted octanol–water partition coefficient (Wildman–Crippen LogP) is 1.42. The van der Waals surface area contributed by atoms with Gasteiger partial charge in [0.15, 0.2) is 5.13 Å². The highest BCUT2D eigenvalue weighted by Gasteiger charge is 2.13. The molecule has 0 radical (unpaired) electrons. The van der Waals surface area contributed by atoms with Gasteiger partial charge in [-0.3, -0.25) is 9.78 Å². The number of hydrogen-bond acceptors (Lipinski definition) is 6. The third-order valence-corrected chi connectivity index (χ3v) is 3.69. The van der Waals surface area contributed by atoms with Gasteiger partial charge >= 0.3 is 0 Å². The molecule has 0 saturated carbocycles. The van der Waals surface area contributed by atoms with E-state index < -0.39 is 0 Å². The molecule has 0 bridgehead atoms. The summed E-state index contributed by atoms with van der Waals surface area (Å²) in [4.78, 5) is 21.3. The topological polar surface area (TPSA) is 80.9 Å². The van der Waals surface area contributed by atoms with Crippen molar-refractivity contribution >= 4 is 33.7 Å². The second-order valence-corrected chi connectivity index (χ2v) is 5.12. The van der Waals surface area contributed by atoms with E-state index in [4.69, 9.17) is 5.73 Å². The Morgan fingerprint density at radius 2 is 2.44 bits per heavy atom. The van der Waals surface area contributed by atoms with Crippen LogP contribution in [0.2, 0.25) is 0 Å².